The van der Waals surface area contributed by atoms with E-state index in [0.717, 1.165) is 0 Å². The largest absolute Gasteiger partial charge is 0.484 e. The van der Waals surface area contributed by atoms with Gasteiger partial charge < -0.3 is 15.4 Å². The Hall–Kier alpha value is -1.76. The number of carbonyl (C=O) groups excluding carboxylic acids is 1. The Bertz CT molecular complexity index is 488. The predicted octanol–water partition coefficient (Wildman–Crippen LogP) is 2.23. The number of halogens is 3. The summed E-state index contributed by atoms with van der Waals surface area (Å²) < 4.78 is 40.7. The zero-order chi connectivity index (χ0) is 14.0. The van der Waals surface area contributed by atoms with Crippen LogP contribution >= 0.6 is 0 Å². The highest BCUT2D eigenvalue weighted by Gasteiger charge is 2.31. The van der Waals surface area contributed by atoms with Crippen LogP contribution in [0, 0.1) is 0 Å². The van der Waals surface area contributed by atoms with E-state index in [1.165, 1.54) is 12.1 Å². The van der Waals surface area contributed by atoms with Crippen LogP contribution in [0.4, 0.5) is 18.9 Å². The molecule has 1 aliphatic rings. The molecule has 1 unspecified atom stereocenters. The van der Waals surface area contributed by atoms with Gasteiger partial charge in [0.1, 0.15) is 11.8 Å². The molecule has 1 aromatic rings. The van der Waals surface area contributed by atoms with Gasteiger partial charge in [-0.25, -0.2) is 0 Å². The molecule has 2 N–H and O–H groups in total. The molecule has 1 atom stereocenters. The third-order valence-corrected chi connectivity index (χ3v) is 2.67. The lowest BCUT2D eigenvalue weighted by atomic mass is 10.1. The molecule has 0 radical (unpaired) electrons. The Morgan fingerprint density at radius 2 is 2.16 bits per heavy atom. The minimum Gasteiger partial charge on any atom is -0.484 e. The van der Waals surface area contributed by atoms with E-state index in [-0.39, 0.29) is 11.7 Å². The summed E-state index contributed by atoms with van der Waals surface area (Å²) in [4.78, 5) is 11.7. The fraction of sp³-hybridized carbons (Fsp3) is 0.417. The SMILES string of the molecule is CCNC1C(=O)Nc2cc(OCC(F)(F)F)ccc21. The first kappa shape index (κ1) is 13.7. The molecule has 2 rings (SSSR count). The van der Waals surface area contributed by atoms with E-state index >= 15 is 0 Å². The van der Waals surface area contributed by atoms with Crippen molar-refractivity contribution in [2.24, 2.45) is 0 Å². The molecule has 1 aliphatic heterocycles. The summed E-state index contributed by atoms with van der Waals surface area (Å²) >= 11 is 0. The highest BCUT2D eigenvalue weighted by Crippen LogP contribution is 2.34. The van der Waals surface area contributed by atoms with Gasteiger partial charge in [-0.15, -0.1) is 0 Å². The van der Waals surface area contributed by atoms with Crippen molar-refractivity contribution in [2.75, 3.05) is 18.5 Å². The van der Waals surface area contributed by atoms with Crippen LogP contribution in [0.15, 0.2) is 18.2 Å². The molecule has 0 aliphatic carbocycles. The zero-order valence-electron chi connectivity index (χ0n) is 10.2. The number of carbonyl (C=O) groups is 1. The molecule has 0 fully saturated rings. The van der Waals surface area contributed by atoms with Crippen LogP contribution in [0.5, 0.6) is 5.75 Å². The van der Waals surface area contributed by atoms with Gasteiger partial charge in [0.25, 0.3) is 0 Å². The molecule has 104 valence electrons. The summed E-state index contributed by atoms with van der Waals surface area (Å²) in [7, 11) is 0. The van der Waals surface area contributed by atoms with Gasteiger partial charge >= 0.3 is 6.18 Å². The van der Waals surface area contributed by atoms with E-state index in [0.29, 0.717) is 17.8 Å². The van der Waals surface area contributed by atoms with Gasteiger partial charge in [0.2, 0.25) is 5.91 Å². The number of hydrogen-bond acceptors (Lipinski definition) is 3. The standard InChI is InChI=1S/C12H13F3N2O2/c1-2-16-10-8-4-3-7(19-6-12(13,14)15)5-9(8)17-11(10)18/h3-5,10,16H,2,6H2,1H3,(H,17,18). The van der Waals surface area contributed by atoms with Gasteiger partial charge in [0.15, 0.2) is 6.61 Å². The number of benzene rings is 1. The first-order valence-electron chi connectivity index (χ1n) is 5.78. The maximum atomic E-state index is 12.0. The van der Waals surface area contributed by atoms with E-state index in [1.807, 2.05) is 6.92 Å². The number of nitrogens with one attached hydrogen (secondary N) is 2. The Morgan fingerprint density at radius 3 is 2.79 bits per heavy atom. The topological polar surface area (TPSA) is 50.4 Å². The monoisotopic (exact) mass is 274 g/mol. The van der Waals surface area contributed by atoms with E-state index in [2.05, 4.69) is 15.4 Å². The van der Waals surface area contributed by atoms with Crippen LogP contribution in [0.25, 0.3) is 0 Å². The molecule has 0 bridgehead atoms. The summed E-state index contributed by atoms with van der Waals surface area (Å²) in [5.74, 6) is -0.140. The lowest BCUT2D eigenvalue weighted by molar-refractivity contribution is -0.153. The molecule has 0 spiro atoms. The van der Waals surface area contributed by atoms with Crippen molar-refractivity contribution in [3.63, 3.8) is 0 Å². The second-order valence-electron chi connectivity index (χ2n) is 4.13. The van der Waals surface area contributed by atoms with Crippen LogP contribution in [-0.2, 0) is 4.79 Å². The Morgan fingerprint density at radius 1 is 1.42 bits per heavy atom. The van der Waals surface area contributed by atoms with Gasteiger partial charge in [-0.1, -0.05) is 13.0 Å². The molecule has 0 saturated carbocycles. The number of anilines is 1. The predicted molar refractivity (Wildman–Crippen MR) is 63.0 cm³/mol. The van der Waals surface area contributed by atoms with Crippen LogP contribution in [-0.4, -0.2) is 25.2 Å². The minimum atomic E-state index is -4.38. The van der Waals surface area contributed by atoms with Crippen molar-refractivity contribution in [2.45, 2.75) is 19.1 Å². The number of ether oxygens (including phenoxy) is 1. The molecule has 19 heavy (non-hydrogen) atoms. The number of alkyl halides is 3. The van der Waals surface area contributed by atoms with Gasteiger partial charge in [-0.2, -0.15) is 13.2 Å². The second kappa shape index (κ2) is 5.08. The smallest absolute Gasteiger partial charge is 0.422 e. The van der Waals surface area contributed by atoms with Crippen molar-refractivity contribution in [1.29, 1.82) is 0 Å². The summed E-state index contributed by atoms with van der Waals surface area (Å²) in [6, 6.07) is 3.95. The summed E-state index contributed by atoms with van der Waals surface area (Å²) in [6.45, 7) is 1.13. The number of hydrogen-bond donors (Lipinski definition) is 2. The molecular weight excluding hydrogens is 261 g/mol. The van der Waals surface area contributed by atoms with Crippen LogP contribution in [0.1, 0.15) is 18.5 Å². The van der Waals surface area contributed by atoms with Gasteiger partial charge in [-0.05, 0) is 12.6 Å². The van der Waals surface area contributed by atoms with Crippen LogP contribution in [0.2, 0.25) is 0 Å². The molecule has 1 amide bonds. The average molecular weight is 274 g/mol. The van der Waals surface area contributed by atoms with Gasteiger partial charge in [0, 0.05) is 17.3 Å². The van der Waals surface area contributed by atoms with Gasteiger partial charge in [-0.3, -0.25) is 4.79 Å². The molecule has 1 heterocycles. The first-order chi connectivity index (χ1) is 8.90. The van der Waals surface area contributed by atoms with Crippen molar-refractivity contribution in [3.8, 4) is 5.75 Å². The maximum Gasteiger partial charge on any atom is 0.422 e. The number of likely N-dealkylation sites (N-methyl/N-ethyl adjacent to an activating group) is 1. The highest BCUT2D eigenvalue weighted by atomic mass is 19.4. The maximum absolute atomic E-state index is 12.0. The number of amides is 1. The van der Waals surface area contributed by atoms with E-state index in [1.54, 1.807) is 6.07 Å². The normalized spacial score (nSPS) is 18.1. The average Bonchev–Trinajstić information content (AvgIpc) is 2.62. The van der Waals surface area contributed by atoms with Crippen molar-refractivity contribution < 1.29 is 22.7 Å². The molecular formula is C12H13F3N2O2. The summed E-state index contributed by atoms with van der Waals surface area (Å²) in [6.07, 6.45) is -4.38. The Balaban J connectivity index is 2.13. The third-order valence-electron chi connectivity index (χ3n) is 2.67. The molecule has 4 nitrogen and oxygen atoms in total. The number of fused-ring (bicyclic) bond motifs is 1. The first-order valence-corrected chi connectivity index (χ1v) is 5.78. The quantitative estimate of drug-likeness (QED) is 0.885. The molecule has 1 aromatic carbocycles. The van der Waals surface area contributed by atoms with Crippen LogP contribution < -0.4 is 15.4 Å². The minimum absolute atomic E-state index is 0.0773. The Kier molecular flexibility index (Phi) is 3.66. The lowest BCUT2D eigenvalue weighted by Gasteiger charge is -2.11. The highest BCUT2D eigenvalue weighted by molar-refractivity contribution is 6.02. The second-order valence-corrected chi connectivity index (χ2v) is 4.13. The van der Waals surface area contributed by atoms with E-state index in [4.69, 9.17) is 0 Å². The summed E-state index contributed by atoms with van der Waals surface area (Å²) in [5.41, 5.74) is 1.20. The van der Waals surface area contributed by atoms with Gasteiger partial charge in [0.05, 0.1) is 0 Å². The van der Waals surface area contributed by atoms with Crippen LogP contribution in [0.3, 0.4) is 0 Å². The number of rotatable bonds is 4. The third kappa shape index (κ3) is 3.17. The van der Waals surface area contributed by atoms with Crippen molar-refractivity contribution in [1.82, 2.24) is 5.32 Å². The summed E-state index contributed by atoms with van der Waals surface area (Å²) in [5, 5.41) is 5.60. The molecule has 0 saturated heterocycles. The molecule has 7 heteroatoms. The fourth-order valence-electron chi connectivity index (χ4n) is 1.90. The zero-order valence-corrected chi connectivity index (χ0v) is 10.2. The Labute approximate surface area is 107 Å². The van der Waals surface area contributed by atoms with Crippen molar-refractivity contribution >= 4 is 11.6 Å². The van der Waals surface area contributed by atoms with Crippen molar-refractivity contribution in [3.05, 3.63) is 23.8 Å². The van der Waals surface area contributed by atoms with E-state index < -0.39 is 18.8 Å². The lowest BCUT2D eigenvalue weighted by Crippen LogP contribution is -2.27. The fourth-order valence-corrected chi connectivity index (χ4v) is 1.90. The van der Waals surface area contributed by atoms with E-state index in [9.17, 15) is 18.0 Å². The molecule has 0 aromatic heterocycles.